The number of carbonyl (C=O) groups is 1. The van der Waals surface area contributed by atoms with Gasteiger partial charge < -0.3 is 10.6 Å². The lowest BCUT2D eigenvalue weighted by molar-refractivity contribution is -0.113. The van der Waals surface area contributed by atoms with Gasteiger partial charge in [-0.3, -0.25) is 4.79 Å². The summed E-state index contributed by atoms with van der Waals surface area (Å²) in [6.45, 7) is 1.91. The van der Waals surface area contributed by atoms with E-state index in [1.54, 1.807) is 17.8 Å². The van der Waals surface area contributed by atoms with Gasteiger partial charge in [0.25, 0.3) is 5.91 Å². The predicted molar refractivity (Wildman–Crippen MR) is 135 cm³/mol. The van der Waals surface area contributed by atoms with E-state index in [1.165, 1.54) is 0 Å². The van der Waals surface area contributed by atoms with Crippen molar-refractivity contribution in [1.29, 1.82) is 0 Å². The molecule has 0 aliphatic carbocycles. The number of nitrogens with one attached hydrogen (secondary N) is 2. The van der Waals surface area contributed by atoms with Crippen LogP contribution in [-0.4, -0.2) is 11.1 Å². The van der Waals surface area contributed by atoms with Crippen molar-refractivity contribution < 1.29 is 4.79 Å². The van der Waals surface area contributed by atoms with Gasteiger partial charge >= 0.3 is 0 Å². The number of anilines is 1. The maximum Gasteiger partial charge on any atom is 0.255 e. The molecule has 2 N–H and O–H groups in total. The molecule has 0 bridgehead atoms. The maximum atomic E-state index is 13.2. The van der Waals surface area contributed by atoms with Crippen molar-refractivity contribution in [3.63, 3.8) is 0 Å². The second-order valence-electron chi connectivity index (χ2n) is 7.27. The monoisotopic (exact) mass is 481 g/mol. The molecule has 32 heavy (non-hydrogen) atoms. The lowest BCUT2D eigenvalue weighted by Gasteiger charge is -2.26. The smallest absolute Gasteiger partial charge is 0.255 e. The highest BCUT2D eigenvalue weighted by molar-refractivity contribution is 8.13. The van der Waals surface area contributed by atoms with Crippen LogP contribution in [0.5, 0.6) is 0 Å². The van der Waals surface area contributed by atoms with Crippen LogP contribution < -0.4 is 10.6 Å². The van der Waals surface area contributed by atoms with E-state index in [0.29, 0.717) is 21.4 Å². The summed E-state index contributed by atoms with van der Waals surface area (Å²) in [6.07, 6.45) is 0. The number of aliphatic imine (C=N–C) groups is 1. The molecule has 1 atom stereocenters. The summed E-state index contributed by atoms with van der Waals surface area (Å²) >= 11 is 13.7. The van der Waals surface area contributed by atoms with E-state index in [-0.39, 0.29) is 5.91 Å². The molecule has 4 nitrogen and oxygen atoms in total. The molecule has 0 aromatic heterocycles. The van der Waals surface area contributed by atoms with Gasteiger partial charge in [0.2, 0.25) is 0 Å². The summed E-state index contributed by atoms with van der Waals surface area (Å²) in [5.74, 6) is 0.496. The van der Waals surface area contributed by atoms with Crippen molar-refractivity contribution in [3.05, 3.63) is 111 Å². The fourth-order valence-corrected chi connectivity index (χ4v) is 4.60. The van der Waals surface area contributed by atoms with Crippen molar-refractivity contribution in [2.45, 2.75) is 18.7 Å². The maximum absolute atomic E-state index is 13.2. The summed E-state index contributed by atoms with van der Waals surface area (Å²) in [6, 6.07) is 24.5. The van der Waals surface area contributed by atoms with Crippen molar-refractivity contribution in [1.82, 2.24) is 5.32 Å². The number of thioether (sulfide) groups is 1. The van der Waals surface area contributed by atoms with Gasteiger partial charge in [-0.1, -0.05) is 89.6 Å². The third-order valence-electron chi connectivity index (χ3n) is 4.97. The first kappa shape index (κ1) is 22.5. The number of amidine groups is 1. The number of benzene rings is 3. The SMILES string of the molecule is CC1=C(C(=O)Nc2ccccc2)[C@@H](c2ccccc2)N=C(SCc2ccc(Cl)c(Cl)c2)N1. The molecule has 1 aliphatic rings. The average molecular weight is 482 g/mol. The molecule has 162 valence electrons. The summed E-state index contributed by atoms with van der Waals surface area (Å²) in [5, 5.41) is 8.10. The van der Waals surface area contributed by atoms with E-state index in [9.17, 15) is 4.79 Å². The van der Waals surface area contributed by atoms with Crippen molar-refractivity contribution in [2.24, 2.45) is 4.99 Å². The van der Waals surface area contributed by atoms with E-state index in [1.807, 2.05) is 79.7 Å². The van der Waals surface area contributed by atoms with Crippen LogP contribution in [0.25, 0.3) is 0 Å². The van der Waals surface area contributed by atoms with E-state index in [4.69, 9.17) is 28.2 Å². The van der Waals surface area contributed by atoms with E-state index in [0.717, 1.165) is 27.7 Å². The second-order valence-corrected chi connectivity index (χ2v) is 9.05. The number of para-hydroxylation sites is 1. The second kappa shape index (κ2) is 10.3. The zero-order valence-corrected chi connectivity index (χ0v) is 19.6. The molecule has 0 unspecified atom stereocenters. The molecule has 1 amide bonds. The third kappa shape index (κ3) is 5.36. The number of hydrogen-bond acceptors (Lipinski definition) is 4. The van der Waals surface area contributed by atoms with Gasteiger partial charge in [-0.15, -0.1) is 0 Å². The molecule has 7 heteroatoms. The van der Waals surface area contributed by atoms with Gasteiger partial charge in [0.1, 0.15) is 6.04 Å². The van der Waals surface area contributed by atoms with Gasteiger partial charge in [0.05, 0.1) is 15.6 Å². The molecular weight excluding hydrogens is 461 g/mol. The zero-order valence-electron chi connectivity index (χ0n) is 17.3. The highest BCUT2D eigenvalue weighted by Gasteiger charge is 2.29. The van der Waals surface area contributed by atoms with Crippen LogP contribution in [-0.2, 0) is 10.5 Å². The molecule has 0 fully saturated rings. The Morgan fingerprint density at radius 2 is 1.69 bits per heavy atom. The fraction of sp³-hybridized carbons (Fsp3) is 0.120. The third-order valence-corrected chi connectivity index (χ3v) is 6.67. The Labute approximate surface area is 201 Å². The highest BCUT2D eigenvalue weighted by Crippen LogP contribution is 2.34. The first-order chi connectivity index (χ1) is 15.5. The van der Waals surface area contributed by atoms with Gasteiger partial charge in [-0.25, -0.2) is 4.99 Å². The van der Waals surface area contributed by atoms with E-state index >= 15 is 0 Å². The largest absolute Gasteiger partial charge is 0.338 e. The molecule has 1 aliphatic heterocycles. The van der Waals surface area contributed by atoms with Crippen LogP contribution >= 0.6 is 35.0 Å². The highest BCUT2D eigenvalue weighted by atomic mass is 35.5. The van der Waals surface area contributed by atoms with E-state index in [2.05, 4.69) is 10.6 Å². The quantitative estimate of drug-likeness (QED) is 0.419. The summed E-state index contributed by atoms with van der Waals surface area (Å²) in [4.78, 5) is 18.1. The first-order valence-corrected chi connectivity index (χ1v) is 11.8. The molecular formula is C25H21Cl2N3OS. The van der Waals surface area contributed by atoms with Crippen LogP contribution in [0.4, 0.5) is 5.69 Å². The van der Waals surface area contributed by atoms with Crippen molar-refractivity contribution in [3.8, 4) is 0 Å². The van der Waals surface area contributed by atoms with Crippen molar-refractivity contribution >= 4 is 51.7 Å². The van der Waals surface area contributed by atoms with Crippen LogP contribution in [0.15, 0.2) is 95.1 Å². The molecule has 4 rings (SSSR count). The number of carbonyl (C=O) groups excluding carboxylic acids is 1. The topological polar surface area (TPSA) is 53.5 Å². The number of amides is 1. The summed E-state index contributed by atoms with van der Waals surface area (Å²) in [7, 11) is 0. The Balaban J connectivity index is 1.58. The Bertz CT molecular complexity index is 1180. The molecule has 3 aromatic carbocycles. The molecule has 3 aromatic rings. The van der Waals surface area contributed by atoms with E-state index < -0.39 is 6.04 Å². The Morgan fingerprint density at radius 1 is 1.00 bits per heavy atom. The summed E-state index contributed by atoms with van der Waals surface area (Å²) in [5.41, 5.74) is 4.12. The lowest BCUT2D eigenvalue weighted by atomic mass is 9.96. The van der Waals surface area contributed by atoms with Gasteiger partial charge in [0, 0.05) is 17.1 Å². The molecule has 0 radical (unpaired) electrons. The minimum atomic E-state index is -0.405. The molecule has 0 saturated heterocycles. The summed E-state index contributed by atoms with van der Waals surface area (Å²) < 4.78 is 0. The first-order valence-electron chi connectivity index (χ1n) is 10.0. The minimum absolute atomic E-state index is 0.174. The number of halogens is 2. The normalized spacial score (nSPS) is 15.7. The average Bonchev–Trinajstić information content (AvgIpc) is 2.80. The number of rotatable bonds is 5. The van der Waals surface area contributed by atoms with Crippen LogP contribution in [0.1, 0.15) is 24.1 Å². The Kier molecular flexibility index (Phi) is 7.20. The minimum Gasteiger partial charge on any atom is -0.338 e. The molecule has 0 saturated carbocycles. The number of allylic oxidation sites excluding steroid dienone is 1. The van der Waals surface area contributed by atoms with Crippen LogP contribution in [0.2, 0.25) is 10.0 Å². The van der Waals surface area contributed by atoms with Gasteiger partial charge in [0.15, 0.2) is 5.17 Å². The van der Waals surface area contributed by atoms with Crippen LogP contribution in [0.3, 0.4) is 0 Å². The van der Waals surface area contributed by atoms with Crippen molar-refractivity contribution in [2.75, 3.05) is 5.32 Å². The fourth-order valence-electron chi connectivity index (χ4n) is 3.39. The standard InChI is InChI=1S/C25H21Cl2N3OS/c1-16-22(24(31)29-19-10-6-3-7-11-19)23(18-8-4-2-5-9-18)30-25(28-16)32-15-17-12-13-20(26)21(27)14-17/h2-14,23H,15H2,1H3,(H,28,30)(H,29,31)/t23-/m1/s1. The number of hydrogen-bond donors (Lipinski definition) is 2. The van der Waals surface area contributed by atoms with Crippen LogP contribution in [0, 0.1) is 0 Å². The predicted octanol–water partition coefficient (Wildman–Crippen LogP) is 6.84. The zero-order chi connectivity index (χ0) is 22.5. The molecule has 0 spiro atoms. The van der Waals surface area contributed by atoms with Gasteiger partial charge in [-0.05, 0) is 42.3 Å². The number of nitrogens with zero attached hydrogens (tertiary/aromatic N) is 1. The lowest BCUT2D eigenvalue weighted by Crippen LogP contribution is -2.32. The Morgan fingerprint density at radius 3 is 2.38 bits per heavy atom. The van der Waals surface area contributed by atoms with Gasteiger partial charge in [-0.2, -0.15) is 0 Å². The molecule has 1 heterocycles. The Hall–Kier alpha value is -2.73.